The fourth-order valence-corrected chi connectivity index (χ4v) is 5.45. The number of carbonyl (C=O) groups excluding carboxylic acids is 1. The largest absolute Gasteiger partial charge is 0.497 e. The Morgan fingerprint density at radius 2 is 1.93 bits per heavy atom. The zero-order valence-corrected chi connectivity index (χ0v) is 15.8. The molecule has 142 valence electrons. The molecule has 1 amide bonds. The molecule has 4 aliphatic heterocycles. The van der Waals surface area contributed by atoms with Crippen LogP contribution < -0.4 is 4.74 Å². The number of rotatable bonds is 3. The predicted octanol–water partition coefficient (Wildman–Crippen LogP) is 2.69. The van der Waals surface area contributed by atoms with E-state index in [1.54, 1.807) is 7.11 Å². The van der Waals surface area contributed by atoms with Gasteiger partial charge in [0, 0.05) is 18.5 Å². The Hall–Kier alpha value is -2.34. The van der Waals surface area contributed by atoms with Crippen molar-refractivity contribution in [2.75, 3.05) is 26.7 Å². The SMILES string of the molecule is COc1ccc(C2CN(C(=O)c3ncoc3C)C3C4CCN(CC4)C23)cc1. The van der Waals surface area contributed by atoms with Crippen LogP contribution in [-0.4, -0.2) is 59.5 Å². The van der Waals surface area contributed by atoms with Gasteiger partial charge in [-0.05, 0) is 56.5 Å². The second-order valence-corrected chi connectivity index (χ2v) is 7.95. The van der Waals surface area contributed by atoms with E-state index in [1.807, 2.05) is 19.1 Å². The molecule has 0 spiro atoms. The van der Waals surface area contributed by atoms with Gasteiger partial charge in [0.15, 0.2) is 12.1 Å². The number of likely N-dealkylation sites (tertiary alicyclic amines) is 1. The summed E-state index contributed by atoms with van der Waals surface area (Å²) in [4.78, 5) is 22.2. The first kappa shape index (κ1) is 16.8. The number of fused-ring (bicyclic) bond motifs is 2. The summed E-state index contributed by atoms with van der Waals surface area (Å²) in [6.45, 7) is 4.83. The van der Waals surface area contributed by atoms with Gasteiger partial charge in [-0.3, -0.25) is 9.69 Å². The summed E-state index contributed by atoms with van der Waals surface area (Å²) in [7, 11) is 1.69. The summed E-state index contributed by atoms with van der Waals surface area (Å²) in [6.07, 6.45) is 3.73. The monoisotopic (exact) mass is 367 g/mol. The summed E-state index contributed by atoms with van der Waals surface area (Å²) >= 11 is 0. The van der Waals surface area contributed by atoms with Crippen LogP contribution in [0.1, 0.15) is 40.6 Å². The van der Waals surface area contributed by atoms with Crippen molar-refractivity contribution in [1.29, 1.82) is 0 Å². The Morgan fingerprint density at radius 3 is 2.56 bits per heavy atom. The van der Waals surface area contributed by atoms with E-state index >= 15 is 0 Å². The minimum Gasteiger partial charge on any atom is -0.497 e. The Morgan fingerprint density at radius 1 is 1.19 bits per heavy atom. The molecule has 2 bridgehead atoms. The molecular weight excluding hydrogens is 342 g/mol. The number of oxazole rings is 1. The summed E-state index contributed by atoms with van der Waals surface area (Å²) in [5, 5.41) is 0. The van der Waals surface area contributed by atoms with E-state index in [2.05, 4.69) is 26.9 Å². The average molecular weight is 367 g/mol. The van der Waals surface area contributed by atoms with Crippen molar-refractivity contribution in [2.24, 2.45) is 5.92 Å². The summed E-state index contributed by atoms with van der Waals surface area (Å²) in [6, 6.07) is 9.00. The topological polar surface area (TPSA) is 58.8 Å². The number of aryl methyl sites for hydroxylation is 1. The molecule has 3 atom stereocenters. The van der Waals surface area contributed by atoms with Gasteiger partial charge >= 0.3 is 0 Å². The summed E-state index contributed by atoms with van der Waals surface area (Å²) in [5.74, 6) is 2.39. The molecule has 0 N–H and O–H groups in total. The van der Waals surface area contributed by atoms with Crippen molar-refractivity contribution in [1.82, 2.24) is 14.8 Å². The van der Waals surface area contributed by atoms with Crippen LogP contribution in [0.3, 0.4) is 0 Å². The molecule has 1 aromatic heterocycles. The highest BCUT2D eigenvalue weighted by molar-refractivity contribution is 5.93. The minimum absolute atomic E-state index is 0.0148. The van der Waals surface area contributed by atoms with Crippen LogP contribution in [0.15, 0.2) is 35.1 Å². The van der Waals surface area contributed by atoms with Gasteiger partial charge in [0.2, 0.25) is 0 Å². The van der Waals surface area contributed by atoms with E-state index in [0.29, 0.717) is 29.3 Å². The van der Waals surface area contributed by atoms with Gasteiger partial charge in [-0.1, -0.05) is 12.1 Å². The molecule has 3 unspecified atom stereocenters. The van der Waals surface area contributed by atoms with E-state index in [1.165, 1.54) is 24.8 Å². The number of aromatic nitrogens is 1. The molecule has 4 saturated heterocycles. The van der Waals surface area contributed by atoms with Crippen LogP contribution in [0.4, 0.5) is 0 Å². The van der Waals surface area contributed by atoms with E-state index in [9.17, 15) is 4.79 Å². The second kappa shape index (κ2) is 6.37. The van der Waals surface area contributed by atoms with Crippen molar-refractivity contribution in [3.63, 3.8) is 0 Å². The van der Waals surface area contributed by atoms with Gasteiger partial charge in [-0.15, -0.1) is 0 Å². The van der Waals surface area contributed by atoms with Crippen molar-refractivity contribution in [3.05, 3.63) is 47.7 Å². The number of piperidine rings is 3. The first-order valence-corrected chi connectivity index (χ1v) is 9.76. The molecule has 6 nitrogen and oxygen atoms in total. The van der Waals surface area contributed by atoms with E-state index < -0.39 is 0 Å². The van der Waals surface area contributed by atoms with Crippen molar-refractivity contribution in [3.8, 4) is 5.75 Å². The minimum atomic E-state index is 0.0148. The average Bonchev–Trinajstić information content (AvgIpc) is 3.34. The smallest absolute Gasteiger partial charge is 0.276 e. The molecule has 6 rings (SSSR count). The number of nitrogens with zero attached hydrogens (tertiary/aromatic N) is 3. The first-order chi connectivity index (χ1) is 13.2. The molecule has 5 heterocycles. The lowest BCUT2D eigenvalue weighted by atomic mass is 9.75. The van der Waals surface area contributed by atoms with Gasteiger partial charge in [0.05, 0.1) is 13.2 Å². The third kappa shape index (κ3) is 2.57. The van der Waals surface area contributed by atoms with Crippen molar-refractivity contribution >= 4 is 5.91 Å². The molecule has 0 radical (unpaired) electrons. The number of carbonyl (C=O) groups is 1. The fourth-order valence-electron chi connectivity index (χ4n) is 5.45. The number of hydrogen-bond acceptors (Lipinski definition) is 5. The third-order valence-corrected chi connectivity index (χ3v) is 6.75. The van der Waals surface area contributed by atoms with Gasteiger partial charge in [0.25, 0.3) is 5.91 Å². The van der Waals surface area contributed by atoms with E-state index in [0.717, 1.165) is 25.4 Å². The molecule has 27 heavy (non-hydrogen) atoms. The van der Waals surface area contributed by atoms with Gasteiger partial charge < -0.3 is 14.1 Å². The lowest BCUT2D eigenvalue weighted by molar-refractivity contribution is -0.00361. The molecule has 0 aliphatic carbocycles. The fraction of sp³-hybridized carbons (Fsp3) is 0.524. The normalized spacial score (nSPS) is 31.8. The number of methoxy groups -OCH3 is 1. The third-order valence-electron chi connectivity index (χ3n) is 6.75. The standard InChI is InChI=1S/C21H25N3O3/c1-13-18(22-12-27-13)21(25)24-11-17(14-3-5-16(26-2)6-4-14)20-19(24)15-7-9-23(20)10-8-15/h3-6,12,15,17,19-20H,7-11H2,1-2H3. The second-order valence-electron chi connectivity index (χ2n) is 7.95. The Bertz CT molecular complexity index is 839. The van der Waals surface area contributed by atoms with Crippen LogP contribution in [0.5, 0.6) is 5.75 Å². The number of hydrogen-bond donors (Lipinski definition) is 0. The van der Waals surface area contributed by atoms with Crippen LogP contribution >= 0.6 is 0 Å². The van der Waals surface area contributed by atoms with Crippen molar-refractivity contribution in [2.45, 2.75) is 37.8 Å². The number of ether oxygens (including phenoxy) is 1. The highest BCUT2D eigenvalue weighted by Gasteiger charge is 2.55. The molecule has 2 aromatic rings. The highest BCUT2D eigenvalue weighted by atomic mass is 16.5. The van der Waals surface area contributed by atoms with Gasteiger partial charge in [0.1, 0.15) is 11.5 Å². The van der Waals surface area contributed by atoms with Crippen LogP contribution in [0, 0.1) is 12.8 Å². The maximum absolute atomic E-state index is 13.3. The van der Waals surface area contributed by atoms with Gasteiger partial charge in [-0.2, -0.15) is 0 Å². The van der Waals surface area contributed by atoms with E-state index in [-0.39, 0.29) is 11.9 Å². The predicted molar refractivity (Wildman–Crippen MR) is 99.9 cm³/mol. The van der Waals surface area contributed by atoms with Gasteiger partial charge in [-0.25, -0.2) is 4.98 Å². The maximum atomic E-state index is 13.3. The van der Waals surface area contributed by atoms with Crippen molar-refractivity contribution < 1.29 is 13.9 Å². The zero-order valence-electron chi connectivity index (χ0n) is 15.8. The first-order valence-electron chi connectivity index (χ1n) is 9.76. The Kier molecular flexibility index (Phi) is 3.97. The van der Waals surface area contributed by atoms with Crippen LogP contribution in [0.2, 0.25) is 0 Å². The highest BCUT2D eigenvalue weighted by Crippen LogP contribution is 2.47. The quantitative estimate of drug-likeness (QED) is 0.835. The van der Waals surface area contributed by atoms with E-state index in [4.69, 9.17) is 9.15 Å². The molecule has 1 aromatic carbocycles. The zero-order chi connectivity index (χ0) is 18.5. The Labute approximate surface area is 159 Å². The Balaban J connectivity index is 1.51. The summed E-state index contributed by atoms with van der Waals surface area (Å²) in [5.41, 5.74) is 1.74. The lowest BCUT2D eigenvalue weighted by Gasteiger charge is -2.51. The van der Waals surface area contributed by atoms with Crippen LogP contribution in [-0.2, 0) is 0 Å². The lowest BCUT2D eigenvalue weighted by Crippen LogP contribution is -2.60. The molecule has 0 saturated carbocycles. The number of benzene rings is 1. The molecule has 4 fully saturated rings. The molecular formula is C21H25N3O3. The maximum Gasteiger partial charge on any atom is 0.276 e. The molecule has 4 aliphatic rings. The van der Waals surface area contributed by atoms with Crippen LogP contribution in [0.25, 0.3) is 0 Å². The molecule has 6 heteroatoms. The number of amides is 1. The summed E-state index contributed by atoms with van der Waals surface area (Å²) < 4.78 is 10.6.